The van der Waals surface area contributed by atoms with Crippen LogP contribution in [0, 0.1) is 5.92 Å². The van der Waals surface area contributed by atoms with E-state index >= 15 is 0 Å². The lowest BCUT2D eigenvalue weighted by atomic mass is 9.87. The maximum Gasteiger partial charge on any atom is 0.341 e. The Kier molecular flexibility index (Phi) is 6.23. The second-order valence-electron chi connectivity index (χ2n) is 5.82. The van der Waals surface area contributed by atoms with Gasteiger partial charge in [-0.25, -0.2) is 4.79 Å². The molecule has 1 saturated carbocycles. The highest BCUT2D eigenvalue weighted by atomic mass is 16.5. The van der Waals surface area contributed by atoms with Crippen LogP contribution in [0.15, 0.2) is 6.20 Å². The monoisotopic (exact) mass is 293 g/mol. The van der Waals surface area contributed by atoms with Gasteiger partial charge in [0.15, 0.2) is 0 Å². The Morgan fingerprint density at radius 1 is 1.43 bits per heavy atom. The molecule has 1 aromatic rings. The zero-order valence-electron chi connectivity index (χ0n) is 13.2. The second-order valence-corrected chi connectivity index (χ2v) is 5.82. The average molecular weight is 293 g/mol. The summed E-state index contributed by atoms with van der Waals surface area (Å²) in [6, 6.07) is 0. The van der Waals surface area contributed by atoms with Crippen molar-refractivity contribution in [2.75, 3.05) is 13.2 Å². The molecule has 0 saturated heterocycles. The molecule has 1 heterocycles. The van der Waals surface area contributed by atoms with E-state index in [1.807, 2.05) is 14.0 Å². The number of nitrogens with zero attached hydrogens (tertiary/aromatic N) is 2. The van der Waals surface area contributed by atoms with E-state index in [9.17, 15) is 4.79 Å². The van der Waals surface area contributed by atoms with Gasteiger partial charge in [-0.2, -0.15) is 5.10 Å². The standard InChI is InChI=1S/C16H27N3O2/c1-3-21-16(20)14-11-18-19(2)15(14)12-17-10-9-13-7-5-4-6-8-13/h11,13,17H,3-10,12H2,1-2H3. The van der Waals surface area contributed by atoms with Gasteiger partial charge in [-0.1, -0.05) is 32.1 Å². The molecule has 0 aliphatic heterocycles. The molecule has 0 spiro atoms. The van der Waals surface area contributed by atoms with E-state index in [4.69, 9.17) is 4.74 Å². The van der Waals surface area contributed by atoms with Gasteiger partial charge in [-0.15, -0.1) is 0 Å². The molecule has 0 aromatic carbocycles. The van der Waals surface area contributed by atoms with Gasteiger partial charge in [-0.05, 0) is 25.8 Å². The van der Waals surface area contributed by atoms with Crippen LogP contribution in [0.4, 0.5) is 0 Å². The fourth-order valence-electron chi connectivity index (χ4n) is 3.04. The van der Waals surface area contributed by atoms with Crippen LogP contribution in [-0.4, -0.2) is 28.9 Å². The van der Waals surface area contributed by atoms with Crippen LogP contribution in [0.5, 0.6) is 0 Å². The van der Waals surface area contributed by atoms with Crippen molar-refractivity contribution in [2.24, 2.45) is 13.0 Å². The minimum absolute atomic E-state index is 0.283. The Morgan fingerprint density at radius 3 is 2.90 bits per heavy atom. The minimum atomic E-state index is -0.283. The highest BCUT2D eigenvalue weighted by Crippen LogP contribution is 2.25. The predicted octanol–water partition coefficient (Wildman–Crippen LogP) is 2.66. The molecule has 0 atom stereocenters. The van der Waals surface area contributed by atoms with Crippen LogP contribution in [0.2, 0.25) is 0 Å². The summed E-state index contributed by atoms with van der Waals surface area (Å²) >= 11 is 0. The third kappa shape index (κ3) is 4.56. The number of ether oxygens (including phenoxy) is 1. The van der Waals surface area contributed by atoms with E-state index < -0.39 is 0 Å². The maximum absolute atomic E-state index is 11.9. The normalized spacial score (nSPS) is 16.1. The lowest BCUT2D eigenvalue weighted by Gasteiger charge is -2.21. The second kappa shape index (κ2) is 8.17. The van der Waals surface area contributed by atoms with Gasteiger partial charge in [0.2, 0.25) is 0 Å². The third-order valence-electron chi connectivity index (χ3n) is 4.30. The van der Waals surface area contributed by atoms with Crippen LogP contribution in [0.3, 0.4) is 0 Å². The summed E-state index contributed by atoms with van der Waals surface area (Å²) in [5, 5.41) is 7.61. The first-order valence-electron chi connectivity index (χ1n) is 8.11. The number of hydrogen-bond donors (Lipinski definition) is 1. The molecule has 118 valence electrons. The van der Waals surface area contributed by atoms with E-state index in [-0.39, 0.29) is 5.97 Å². The van der Waals surface area contributed by atoms with Crippen LogP contribution in [-0.2, 0) is 18.3 Å². The van der Waals surface area contributed by atoms with E-state index in [1.54, 1.807) is 10.9 Å². The summed E-state index contributed by atoms with van der Waals surface area (Å²) in [6.07, 6.45) is 9.76. The van der Waals surface area contributed by atoms with Crippen molar-refractivity contribution in [1.29, 1.82) is 0 Å². The van der Waals surface area contributed by atoms with Crippen molar-refractivity contribution >= 4 is 5.97 Å². The number of nitrogens with one attached hydrogen (secondary N) is 1. The quantitative estimate of drug-likeness (QED) is 0.620. The van der Waals surface area contributed by atoms with Crippen LogP contribution >= 0.6 is 0 Å². The SMILES string of the molecule is CCOC(=O)c1cnn(C)c1CNCCC1CCCCC1. The van der Waals surface area contributed by atoms with Crippen LogP contribution in [0.25, 0.3) is 0 Å². The zero-order chi connectivity index (χ0) is 15.1. The molecule has 1 aromatic heterocycles. The molecule has 21 heavy (non-hydrogen) atoms. The summed E-state index contributed by atoms with van der Waals surface area (Å²) in [6.45, 7) is 3.87. The maximum atomic E-state index is 11.9. The summed E-state index contributed by atoms with van der Waals surface area (Å²) in [5.74, 6) is 0.594. The molecule has 5 nitrogen and oxygen atoms in total. The van der Waals surface area contributed by atoms with E-state index in [0.717, 1.165) is 18.2 Å². The molecule has 0 amide bonds. The van der Waals surface area contributed by atoms with Crippen molar-refractivity contribution in [1.82, 2.24) is 15.1 Å². The summed E-state index contributed by atoms with van der Waals surface area (Å²) in [7, 11) is 1.86. The van der Waals surface area contributed by atoms with Crippen molar-refractivity contribution in [3.8, 4) is 0 Å². The first-order valence-corrected chi connectivity index (χ1v) is 8.11. The number of aromatic nitrogens is 2. The van der Waals surface area contributed by atoms with Crippen molar-refractivity contribution in [2.45, 2.75) is 52.0 Å². The highest BCUT2D eigenvalue weighted by molar-refractivity contribution is 5.90. The summed E-state index contributed by atoms with van der Waals surface area (Å²) < 4.78 is 6.81. The van der Waals surface area contributed by atoms with E-state index in [1.165, 1.54) is 38.5 Å². The molecule has 0 bridgehead atoms. The molecular formula is C16H27N3O2. The van der Waals surface area contributed by atoms with E-state index in [2.05, 4.69) is 10.4 Å². The van der Waals surface area contributed by atoms with Gasteiger partial charge in [0, 0.05) is 13.6 Å². The molecule has 0 radical (unpaired) electrons. The lowest BCUT2D eigenvalue weighted by Crippen LogP contribution is -2.22. The Balaban J connectivity index is 1.79. The van der Waals surface area contributed by atoms with Gasteiger partial charge in [0.05, 0.1) is 18.5 Å². The molecule has 0 unspecified atom stereocenters. The smallest absolute Gasteiger partial charge is 0.341 e. The Hall–Kier alpha value is -1.36. The average Bonchev–Trinajstić information content (AvgIpc) is 2.86. The van der Waals surface area contributed by atoms with Gasteiger partial charge in [0.1, 0.15) is 5.56 Å². The third-order valence-corrected chi connectivity index (χ3v) is 4.30. The highest BCUT2D eigenvalue weighted by Gasteiger charge is 2.17. The molecule has 1 N–H and O–H groups in total. The fourth-order valence-corrected chi connectivity index (χ4v) is 3.04. The van der Waals surface area contributed by atoms with Crippen LogP contribution < -0.4 is 5.32 Å². The van der Waals surface area contributed by atoms with E-state index in [0.29, 0.717) is 18.7 Å². The van der Waals surface area contributed by atoms with Crippen LogP contribution in [0.1, 0.15) is 61.5 Å². The summed E-state index contributed by atoms with van der Waals surface area (Å²) in [4.78, 5) is 11.9. The first-order chi connectivity index (χ1) is 10.2. The molecular weight excluding hydrogens is 266 g/mol. The molecule has 2 rings (SSSR count). The molecule has 1 aliphatic carbocycles. The number of hydrogen-bond acceptors (Lipinski definition) is 4. The van der Waals surface area contributed by atoms with Gasteiger partial charge >= 0.3 is 5.97 Å². The lowest BCUT2D eigenvalue weighted by molar-refractivity contribution is 0.0524. The van der Waals surface area contributed by atoms with Crippen molar-refractivity contribution < 1.29 is 9.53 Å². The molecule has 1 fully saturated rings. The van der Waals surface area contributed by atoms with Gasteiger partial charge in [0.25, 0.3) is 0 Å². The van der Waals surface area contributed by atoms with Crippen molar-refractivity contribution in [3.63, 3.8) is 0 Å². The number of rotatable bonds is 7. The van der Waals surface area contributed by atoms with Crippen molar-refractivity contribution in [3.05, 3.63) is 17.5 Å². The Bertz CT molecular complexity index is 450. The number of carbonyl (C=O) groups is 1. The number of aryl methyl sites for hydroxylation is 1. The molecule has 1 aliphatic rings. The first kappa shape index (κ1) is 16.0. The topological polar surface area (TPSA) is 56.1 Å². The fraction of sp³-hybridized carbons (Fsp3) is 0.750. The minimum Gasteiger partial charge on any atom is -0.462 e. The van der Waals surface area contributed by atoms with Gasteiger partial charge < -0.3 is 10.1 Å². The largest absolute Gasteiger partial charge is 0.462 e. The number of carbonyl (C=O) groups excluding carboxylic acids is 1. The Labute approximate surface area is 127 Å². The molecule has 5 heteroatoms. The Morgan fingerprint density at radius 2 is 2.19 bits per heavy atom. The predicted molar refractivity (Wildman–Crippen MR) is 82.1 cm³/mol. The zero-order valence-corrected chi connectivity index (χ0v) is 13.2. The summed E-state index contributed by atoms with van der Waals surface area (Å²) in [5.41, 5.74) is 1.47. The van der Waals surface area contributed by atoms with Gasteiger partial charge in [-0.3, -0.25) is 4.68 Å². The number of esters is 1.